The van der Waals surface area contributed by atoms with E-state index in [1.54, 1.807) is 0 Å². The molecular weight excluding hydrogens is 591 g/mol. The zero-order valence-electron chi connectivity index (χ0n) is 27.4. The second-order valence-electron chi connectivity index (χ2n) is 13.9. The molecule has 7 aromatic rings. The van der Waals surface area contributed by atoms with Gasteiger partial charge in [-0.2, -0.15) is 0 Å². The minimum atomic E-state index is -0.525. The first-order valence-corrected chi connectivity index (χ1v) is 17.3. The van der Waals surface area contributed by atoms with Crippen LogP contribution in [0.4, 0.5) is 0 Å². The van der Waals surface area contributed by atoms with Crippen molar-refractivity contribution in [2.75, 3.05) is 0 Å². The van der Waals surface area contributed by atoms with Crippen LogP contribution in [0.2, 0.25) is 0 Å². The summed E-state index contributed by atoms with van der Waals surface area (Å²) in [6, 6.07) is 56.0. The monoisotopic (exact) mass is 625 g/mol. The van der Waals surface area contributed by atoms with Gasteiger partial charge in [-0.1, -0.05) is 177 Å². The second kappa shape index (κ2) is 10.5. The Bertz CT molecular complexity index is 2500. The minimum Gasteiger partial charge on any atom is -0.309 e. The molecule has 2 unspecified atom stereocenters. The van der Waals surface area contributed by atoms with Gasteiger partial charge in [0.1, 0.15) is 0 Å². The van der Waals surface area contributed by atoms with Crippen molar-refractivity contribution in [3.63, 3.8) is 0 Å². The lowest BCUT2D eigenvalue weighted by Gasteiger charge is -2.40. The quantitative estimate of drug-likeness (QED) is 0.183. The van der Waals surface area contributed by atoms with E-state index in [9.17, 15) is 0 Å². The van der Waals surface area contributed by atoms with Crippen LogP contribution in [0.15, 0.2) is 194 Å². The molecule has 3 aliphatic rings. The summed E-state index contributed by atoms with van der Waals surface area (Å²) in [5.41, 5.74) is 13.6. The van der Waals surface area contributed by atoms with Gasteiger partial charge in [0.2, 0.25) is 0 Å². The summed E-state index contributed by atoms with van der Waals surface area (Å²) in [5.74, 6) is 0.224. The van der Waals surface area contributed by atoms with Crippen molar-refractivity contribution in [3.05, 3.63) is 216 Å². The van der Waals surface area contributed by atoms with E-state index < -0.39 is 5.41 Å². The maximum Gasteiger partial charge on any atom is 0.0731 e. The number of rotatable bonds is 4. The molecule has 2 atom stereocenters. The van der Waals surface area contributed by atoms with Crippen LogP contribution in [0.25, 0.3) is 44.2 Å². The van der Waals surface area contributed by atoms with Crippen LogP contribution in [0.3, 0.4) is 0 Å². The lowest BCUT2D eigenvalue weighted by atomic mass is 9.62. The average molecular weight is 626 g/mol. The second-order valence-corrected chi connectivity index (χ2v) is 13.9. The Morgan fingerprint density at radius 1 is 0.571 bits per heavy atom. The predicted octanol–water partition coefficient (Wildman–Crippen LogP) is 11.9. The molecule has 0 saturated carbocycles. The third-order valence-electron chi connectivity index (χ3n) is 11.3. The summed E-state index contributed by atoms with van der Waals surface area (Å²) < 4.78 is 2.55. The molecule has 6 aromatic carbocycles. The molecule has 1 aromatic heterocycles. The smallest absolute Gasteiger partial charge is 0.0731 e. The van der Waals surface area contributed by atoms with Gasteiger partial charge in [0.05, 0.1) is 16.4 Å². The van der Waals surface area contributed by atoms with Gasteiger partial charge < -0.3 is 4.57 Å². The zero-order chi connectivity index (χ0) is 32.6. The Morgan fingerprint density at radius 3 is 2.00 bits per heavy atom. The first-order chi connectivity index (χ1) is 24.2. The summed E-state index contributed by atoms with van der Waals surface area (Å²) in [5, 5.41) is 2.55. The largest absolute Gasteiger partial charge is 0.309 e. The van der Waals surface area contributed by atoms with E-state index in [0.29, 0.717) is 0 Å². The summed E-state index contributed by atoms with van der Waals surface area (Å²) in [4.78, 5) is 0. The van der Waals surface area contributed by atoms with Crippen molar-refractivity contribution in [1.29, 1.82) is 0 Å². The molecule has 0 radical (unpaired) electrons. The predicted molar refractivity (Wildman–Crippen MR) is 205 cm³/mol. The molecule has 3 aliphatic carbocycles. The topological polar surface area (TPSA) is 4.93 Å². The van der Waals surface area contributed by atoms with Crippen LogP contribution in [0.1, 0.15) is 29.2 Å². The van der Waals surface area contributed by atoms with Crippen LogP contribution < -0.4 is 0 Å². The van der Waals surface area contributed by atoms with Gasteiger partial charge >= 0.3 is 0 Å². The maximum absolute atomic E-state index is 2.55. The van der Waals surface area contributed by atoms with Gasteiger partial charge in [-0.3, -0.25) is 0 Å². The summed E-state index contributed by atoms with van der Waals surface area (Å²) >= 11 is 0. The van der Waals surface area contributed by atoms with Crippen molar-refractivity contribution >= 4 is 27.4 Å². The molecule has 0 spiro atoms. The van der Waals surface area contributed by atoms with Crippen LogP contribution in [0, 0.1) is 11.3 Å². The highest BCUT2D eigenvalue weighted by molar-refractivity contribution is 6.13. The fraction of sp³-hybridized carbons (Fsp3) is 0.0833. The molecule has 0 saturated heterocycles. The van der Waals surface area contributed by atoms with Gasteiger partial charge in [-0.25, -0.2) is 0 Å². The number of allylic oxidation sites excluding steroid dienone is 8. The van der Waals surface area contributed by atoms with E-state index in [-0.39, 0.29) is 11.3 Å². The Balaban J connectivity index is 1.40. The first-order valence-electron chi connectivity index (χ1n) is 17.3. The molecule has 1 heterocycles. The van der Waals surface area contributed by atoms with E-state index in [1.807, 2.05) is 0 Å². The highest BCUT2D eigenvalue weighted by Gasteiger charge is 2.53. The van der Waals surface area contributed by atoms with Gasteiger partial charge in [0, 0.05) is 33.4 Å². The summed E-state index contributed by atoms with van der Waals surface area (Å²) in [6.07, 6.45) is 14.2. The van der Waals surface area contributed by atoms with Gasteiger partial charge in [0.25, 0.3) is 0 Å². The van der Waals surface area contributed by atoms with Crippen molar-refractivity contribution in [1.82, 2.24) is 4.57 Å². The molecule has 10 rings (SSSR count). The van der Waals surface area contributed by atoms with E-state index in [4.69, 9.17) is 0 Å². The van der Waals surface area contributed by atoms with E-state index >= 15 is 0 Å². The van der Waals surface area contributed by atoms with E-state index in [1.165, 1.54) is 72.0 Å². The number of nitrogens with zero attached hydrogens (tertiary/aromatic N) is 1. The van der Waals surface area contributed by atoms with Crippen molar-refractivity contribution in [2.45, 2.75) is 12.3 Å². The highest BCUT2D eigenvalue weighted by Crippen LogP contribution is 2.63. The molecule has 0 amide bonds. The molecule has 0 aliphatic heterocycles. The molecule has 232 valence electrons. The highest BCUT2D eigenvalue weighted by atomic mass is 15.0. The standard InChI is InChI=1S/C48H35N/c1-47-30-14-13-25-41(47)44-40-28-27-39-38-24-11-12-26-43(38)49(37-23-15-18-34(32-37)33-16-5-2-6-17-33)46(39)45(40)48(42(44)29-31-47,35-19-7-3-8-20-35)36-21-9-4-10-22-36/h2-32,41H,1H3. The van der Waals surface area contributed by atoms with Crippen molar-refractivity contribution < 1.29 is 0 Å². The molecule has 49 heavy (non-hydrogen) atoms. The Labute approximate surface area is 287 Å². The van der Waals surface area contributed by atoms with Crippen molar-refractivity contribution in [3.8, 4) is 16.8 Å². The lowest BCUT2D eigenvalue weighted by Crippen LogP contribution is -2.32. The molecular formula is C48H35N. The zero-order valence-corrected chi connectivity index (χ0v) is 27.4. The Morgan fingerprint density at radius 2 is 1.24 bits per heavy atom. The number of benzene rings is 6. The molecule has 0 fully saturated rings. The first kappa shape index (κ1) is 28.1. The average Bonchev–Trinajstić information content (AvgIpc) is 3.67. The van der Waals surface area contributed by atoms with Crippen LogP contribution >= 0.6 is 0 Å². The third-order valence-corrected chi connectivity index (χ3v) is 11.3. The fourth-order valence-corrected chi connectivity index (χ4v) is 9.14. The van der Waals surface area contributed by atoms with Crippen LogP contribution in [-0.2, 0) is 5.41 Å². The Hall–Kier alpha value is -5.92. The normalized spacial score (nSPS) is 20.1. The minimum absolute atomic E-state index is 0.0972. The number of hydrogen-bond donors (Lipinski definition) is 0. The Kier molecular flexibility index (Phi) is 6.05. The van der Waals surface area contributed by atoms with Crippen LogP contribution in [-0.4, -0.2) is 4.57 Å². The van der Waals surface area contributed by atoms with Crippen molar-refractivity contribution in [2.24, 2.45) is 11.3 Å². The van der Waals surface area contributed by atoms with Gasteiger partial charge in [0.15, 0.2) is 0 Å². The number of para-hydroxylation sites is 1. The third kappa shape index (κ3) is 3.87. The summed E-state index contributed by atoms with van der Waals surface area (Å²) in [6.45, 7) is 2.38. The van der Waals surface area contributed by atoms with E-state index in [2.05, 4.69) is 200 Å². The molecule has 0 bridgehead atoms. The number of hydrogen-bond acceptors (Lipinski definition) is 0. The fourth-order valence-electron chi connectivity index (χ4n) is 9.14. The summed E-state index contributed by atoms with van der Waals surface area (Å²) in [7, 11) is 0. The maximum atomic E-state index is 2.55. The van der Waals surface area contributed by atoms with Crippen LogP contribution in [0.5, 0.6) is 0 Å². The SMILES string of the molecule is CC12C=CC=CC1C1=C(C=C2)C(c2ccccc2)(c2ccccc2)c2c1ccc1c3ccccc3n(-c3cccc(-c4ccccc4)c3)c21. The van der Waals surface area contributed by atoms with E-state index in [0.717, 1.165) is 0 Å². The molecule has 1 nitrogen and oxygen atoms in total. The molecule has 1 heteroatoms. The van der Waals surface area contributed by atoms with Gasteiger partial charge in [-0.15, -0.1) is 0 Å². The number of aromatic nitrogens is 1. The lowest BCUT2D eigenvalue weighted by molar-refractivity contribution is 0.461. The number of fused-ring (bicyclic) bond motifs is 8. The molecule has 0 N–H and O–H groups in total. The van der Waals surface area contributed by atoms with Gasteiger partial charge in [-0.05, 0) is 57.2 Å².